The summed E-state index contributed by atoms with van der Waals surface area (Å²) < 4.78 is 42.5. The molecule has 1 aliphatic heterocycles. The van der Waals surface area contributed by atoms with Crippen LogP contribution in [0.4, 0.5) is 19.0 Å². The number of hydrogen-bond donors (Lipinski definition) is 1. The van der Waals surface area contributed by atoms with E-state index in [0.29, 0.717) is 36.5 Å². The Morgan fingerprint density at radius 2 is 1.82 bits per heavy atom. The van der Waals surface area contributed by atoms with Crippen LogP contribution in [0.1, 0.15) is 32.7 Å². The zero-order chi connectivity index (χ0) is 20.3. The van der Waals surface area contributed by atoms with Crippen molar-refractivity contribution in [3.63, 3.8) is 0 Å². The highest BCUT2D eigenvalue weighted by atomic mass is 19.4. The monoisotopic (exact) mass is 393 g/mol. The molecule has 0 spiro atoms. The Kier molecular flexibility index (Phi) is 5.53. The largest absolute Gasteiger partial charge is 0.465 e. The average Bonchev–Trinajstić information content (AvgIpc) is 3.15. The lowest BCUT2D eigenvalue weighted by molar-refractivity contribution is -0.137. The molecule has 2 heterocycles. The van der Waals surface area contributed by atoms with Gasteiger partial charge in [0.15, 0.2) is 0 Å². The molecule has 1 amide bonds. The molecule has 1 fully saturated rings. The summed E-state index contributed by atoms with van der Waals surface area (Å²) in [5, 5.41) is 2.89. The normalized spacial score (nSPS) is 16.7. The van der Waals surface area contributed by atoms with E-state index in [1.54, 1.807) is 0 Å². The standard InChI is InChI=1S/C19H18F3N3O3/c1-28-18(27)13-4-2-12(3-5-13)17(26)24-15-8-9-25(11-15)16-7-6-14(10-23-16)19(20,21)22/h2-7,10,15H,8-9,11H2,1H3,(H,24,26)/t15-/m0/s1. The van der Waals surface area contributed by atoms with E-state index in [4.69, 9.17) is 0 Å². The minimum atomic E-state index is -4.42. The van der Waals surface area contributed by atoms with Crippen molar-refractivity contribution in [3.8, 4) is 0 Å². The molecule has 1 aliphatic rings. The highest BCUT2D eigenvalue weighted by Crippen LogP contribution is 2.29. The number of benzene rings is 1. The van der Waals surface area contributed by atoms with E-state index in [1.165, 1.54) is 37.4 Å². The molecule has 0 unspecified atom stereocenters. The Hall–Kier alpha value is -3.10. The second-order valence-electron chi connectivity index (χ2n) is 6.38. The Balaban J connectivity index is 1.58. The Morgan fingerprint density at radius 3 is 2.39 bits per heavy atom. The first-order chi connectivity index (χ1) is 13.3. The Bertz CT molecular complexity index is 851. The molecule has 1 N–H and O–H groups in total. The second kappa shape index (κ2) is 7.87. The number of pyridine rings is 1. The van der Waals surface area contributed by atoms with Crippen LogP contribution in [-0.4, -0.2) is 43.1 Å². The number of amides is 1. The first-order valence-electron chi connectivity index (χ1n) is 8.55. The minimum Gasteiger partial charge on any atom is -0.465 e. The van der Waals surface area contributed by atoms with E-state index in [-0.39, 0.29) is 11.9 Å². The zero-order valence-electron chi connectivity index (χ0n) is 15.0. The smallest absolute Gasteiger partial charge is 0.417 e. The van der Waals surface area contributed by atoms with Crippen LogP contribution in [-0.2, 0) is 10.9 Å². The summed E-state index contributed by atoms with van der Waals surface area (Å²) in [6.07, 6.45) is -2.96. The van der Waals surface area contributed by atoms with Crippen LogP contribution in [0, 0.1) is 0 Å². The van der Waals surface area contributed by atoms with Gasteiger partial charge in [-0.05, 0) is 42.8 Å². The molecule has 148 valence electrons. The third-order valence-corrected chi connectivity index (χ3v) is 4.49. The van der Waals surface area contributed by atoms with Crippen molar-refractivity contribution < 1.29 is 27.5 Å². The summed E-state index contributed by atoms with van der Waals surface area (Å²) >= 11 is 0. The van der Waals surface area contributed by atoms with Crippen LogP contribution in [0.3, 0.4) is 0 Å². The number of halogens is 3. The molecule has 1 aromatic heterocycles. The van der Waals surface area contributed by atoms with Gasteiger partial charge in [0.1, 0.15) is 5.82 Å². The average molecular weight is 393 g/mol. The molecule has 0 aliphatic carbocycles. The van der Waals surface area contributed by atoms with Gasteiger partial charge in [-0.1, -0.05) is 0 Å². The number of ether oxygens (including phenoxy) is 1. The van der Waals surface area contributed by atoms with Gasteiger partial charge in [0, 0.05) is 30.9 Å². The number of alkyl halides is 3. The van der Waals surface area contributed by atoms with E-state index >= 15 is 0 Å². The number of nitrogens with zero attached hydrogens (tertiary/aromatic N) is 2. The number of methoxy groups -OCH3 is 1. The van der Waals surface area contributed by atoms with E-state index in [9.17, 15) is 22.8 Å². The first-order valence-corrected chi connectivity index (χ1v) is 8.55. The lowest BCUT2D eigenvalue weighted by Gasteiger charge is -2.18. The fourth-order valence-corrected chi connectivity index (χ4v) is 2.97. The van der Waals surface area contributed by atoms with Crippen LogP contribution in [0.25, 0.3) is 0 Å². The van der Waals surface area contributed by atoms with Gasteiger partial charge < -0.3 is 15.0 Å². The van der Waals surface area contributed by atoms with Crippen LogP contribution in [0.15, 0.2) is 42.6 Å². The second-order valence-corrected chi connectivity index (χ2v) is 6.38. The van der Waals surface area contributed by atoms with E-state index in [1.807, 2.05) is 4.90 Å². The third-order valence-electron chi connectivity index (χ3n) is 4.49. The van der Waals surface area contributed by atoms with Crippen LogP contribution in [0.2, 0.25) is 0 Å². The summed E-state index contributed by atoms with van der Waals surface area (Å²) in [5.41, 5.74) is -0.0473. The summed E-state index contributed by atoms with van der Waals surface area (Å²) in [5.74, 6) is -0.335. The molecular formula is C19H18F3N3O3. The van der Waals surface area contributed by atoms with Gasteiger partial charge in [-0.15, -0.1) is 0 Å². The lowest BCUT2D eigenvalue weighted by Crippen LogP contribution is -2.37. The molecular weight excluding hydrogens is 375 g/mol. The predicted octanol–water partition coefficient (Wildman–Crippen LogP) is 2.90. The van der Waals surface area contributed by atoms with E-state index in [2.05, 4.69) is 15.0 Å². The highest BCUT2D eigenvalue weighted by Gasteiger charge is 2.31. The number of aromatic nitrogens is 1. The van der Waals surface area contributed by atoms with Crippen molar-refractivity contribution >= 4 is 17.7 Å². The molecule has 6 nitrogen and oxygen atoms in total. The number of anilines is 1. The molecule has 0 bridgehead atoms. The van der Waals surface area contributed by atoms with Gasteiger partial charge in [0.05, 0.1) is 18.2 Å². The summed E-state index contributed by atoms with van der Waals surface area (Å²) in [4.78, 5) is 29.5. The maximum absolute atomic E-state index is 12.6. The molecule has 9 heteroatoms. The van der Waals surface area contributed by atoms with Crippen molar-refractivity contribution in [2.45, 2.75) is 18.6 Å². The fourth-order valence-electron chi connectivity index (χ4n) is 2.97. The topological polar surface area (TPSA) is 71.5 Å². The van der Waals surface area contributed by atoms with Gasteiger partial charge >= 0.3 is 12.1 Å². The van der Waals surface area contributed by atoms with Gasteiger partial charge in [0.2, 0.25) is 0 Å². The maximum atomic E-state index is 12.6. The molecule has 0 radical (unpaired) electrons. The van der Waals surface area contributed by atoms with Gasteiger partial charge in [-0.3, -0.25) is 4.79 Å². The number of nitrogens with one attached hydrogen (secondary N) is 1. The molecule has 1 aromatic carbocycles. The van der Waals surface area contributed by atoms with Gasteiger partial charge in [0.25, 0.3) is 5.91 Å². The Morgan fingerprint density at radius 1 is 1.14 bits per heavy atom. The van der Waals surface area contributed by atoms with Gasteiger partial charge in [-0.2, -0.15) is 13.2 Å². The van der Waals surface area contributed by atoms with Gasteiger partial charge in [-0.25, -0.2) is 9.78 Å². The Labute approximate surface area is 159 Å². The summed E-state index contributed by atoms with van der Waals surface area (Å²) in [7, 11) is 1.28. The van der Waals surface area contributed by atoms with Crippen molar-refractivity contribution in [2.75, 3.05) is 25.1 Å². The molecule has 28 heavy (non-hydrogen) atoms. The number of carbonyl (C=O) groups is 2. The lowest BCUT2D eigenvalue weighted by atomic mass is 10.1. The predicted molar refractivity (Wildman–Crippen MR) is 95.1 cm³/mol. The van der Waals surface area contributed by atoms with E-state index in [0.717, 1.165) is 12.3 Å². The summed E-state index contributed by atoms with van der Waals surface area (Å²) in [6.45, 7) is 1.02. The zero-order valence-corrected chi connectivity index (χ0v) is 15.0. The number of esters is 1. The molecule has 1 saturated heterocycles. The molecule has 1 atom stereocenters. The van der Waals surface area contributed by atoms with E-state index < -0.39 is 17.7 Å². The van der Waals surface area contributed by atoms with Crippen molar-refractivity contribution in [3.05, 3.63) is 59.3 Å². The van der Waals surface area contributed by atoms with Crippen molar-refractivity contribution in [1.29, 1.82) is 0 Å². The van der Waals surface area contributed by atoms with Crippen LogP contribution in [0.5, 0.6) is 0 Å². The maximum Gasteiger partial charge on any atom is 0.417 e. The van der Waals surface area contributed by atoms with Crippen molar-refractivity contribution in [1.82, 2.24) is 10.3 Å². The fraction of sp³-hybridized carbons (Fsp3) is 0.316. The SMILES string of the molecule is COC(=O)c1ccc(C(=O)N[C@H]2CCN(c3ccc(C(F)(F)F)cn3)C2)cc1. The number of hydrogen-bond acceptors (Lipinski definition) is 5. The highest BCUT2D eigenvalue weighted by molar-refractivity contribution is 5.96. The number of carbonyl (C=O) groups excluding carboxylic acids is 2. The van der Waals surface area contributed by atoms with Crippen LogP contribution < -0.4 is 10.2 Å². The molecule has 3 rings (SSSR count). The quantitative estimate of drug-likeness (QED) is 0.809. The third kappa shape index (κ3) is 4.41. The van der Waals surface area contributed by atoms with Crippen LogP contribution >= 0.6 is 0 Å². The van der Waals surface area contributed by atoms with Crippen molar-refractivity contribution in [2.24, 2.45) is 0 Å². The first kappa shape index (κ1) is 19.7. The number of rotatable bonds is 4. The molecule has 0 saturated carbocycles. The summed E-state index contributed by atoms with van der Waals surface area (Å²) in [6, 6.07) is 8.26. The molecule has 2 aromatic rings. The minimum absolute atomic E-state index is 0.156.